The molecular weight excluding hydrogens is 198 g/mol. The highest BCUT2D eigenvalue weighted by molar-refractivity contribution is 5.92. The third kappa shape index (κ3) is 1.79. The normalized spacial score (nSPS) is 34.9. The molecule has 2 fully saturated rings. The van der Waals surface area contributed by atoms with Gasteiger partial charge in [0.15, 0.2) is 5.78 Å². The van der Waals surface area contributed by atoms with E-state index in [-0.39, 0.29) is 0 Å². The van der Waals surface area contributed by atoms with Gasteiger partial charge in [0.25, 0.3) is 0 Å². The van der Waals surface area contributed by atoms with E-state index >= 15 is 0 Å². The number of nitrogens with zero attached hydrogens (tertiary/aromatic N) is 1. The van der Waals surface area contributed by atoms with Gasteiger partial charge in [-0.15, -0.1) is 0 Å². The average molecular weight is 219 g/mol. The molecule has 2 nitrogen and oxygen atoms in total. The Balaban J connectivity index is 1.78. The van der Waals surface area contributed by atoms with Crippen molar-refractivity contribution in [3.05, 3.63) is 11.8 Å². The first-order valence-corrected chi connectivity index (χ1v) is 6.84. The molecule has 3 rings (SSSR count). The second kappa shape index (κ2) is 4.23. The van der Waals surface area contributed by atoms with Crippen LogP contribution >= 0.6 is 0 Å². The van der Waals surface area contributed by atoms with E-state index in [4.69, 9.17) is 0 Å². The third-order valence-electron chi connectivity index (χ3n) is 4.57. The molecule has 3 aliphatic rings. The second-order valence-electron chi connectivity index (χ2n) is 5.55. The zero-order valence-corrected chi connectivity index (χ0v) is 9.95. The summed E-state index contributed by atoms with van der Waals surface area (Å²) in [5, 5.41) is 0. The number of fused-ring (bicyclic) bond motifs is 1. The van der Waals surface area contributed by atoms with Crippen LogP contribution in [-0.4, -0.2) is 23.3 Å². The van der Waals surface area contributed by atoms with Crippen molar-refractivity contribution < 1.29 is 4.79 Å². The van der Waals surface area contributed by atoms with E-state index in [0.29, 0.717) is 5.78 Å². The molecule has 2 atom stereocenters. The lowest BCUT2D eigenvalue weighted by Gasteiger charge is -2.46. The summed E-state index contributed by atoms with van der Waals surface area (Å²) in [4.78, 5) is 13.9. The Labute approximate surface area is 97.7 Å². The van der Waals surface area contributed by atoms with Gasteiger partial charge in [-0.05, 0) is 38.0 Å². The first kappa shape index (κ1) is 10.4. The maximum Gasteiger partial charge on any atom is 0.157 e. The Kier molecular flexibility index (Phi) is 2.74. The van der Waals surface area contributed by atoms with Crippen molar-refractivity contribution in [3.63, 3.8) is 0 Å². The fourth-order valence-corrected chi connectivity index (χ4v) is 3.79. The fraction of sp³-hybridized carbons (Fsp3) is 0.786. The number of rotatable bonds is 1. The summed E-state index contributed by atoms with van der Waals surface area (Å²) in [6.45, 7) is 1.19. The molecule has 0 unspecified atom stereocenters. The van der Waals surface area contributed by atoms with Gasteiger partial charge in [-0.1, -0.05) is 12.8 Å². The summed E-state index contributed by atoms with van der Waals surface area (Å²) >= 11 is 0. The number of carbonyl (C=O) groups excluding carboxylic acids is 1. The van der Waals surface area contributed by atoms with Gasteiger partial charge in [0.05, 0.1) is 0 Å². The summed E-state index contributed by atoms with van der Waals surface area (Å²) in [6, 6.07) is 0.764. The Bertz CT molecular complexity index is 319. The minimum absolute atomic E-state index is 0.341. The van der Waals surface area contributed by atoms with Crippen LogP contribution in [-0.2, 0) is 4.79 Å². The van der Waals surface area contributed by atoms with Gasteiger partial charge in [0.2, 0.25) is 0 Å². The molecule has 1 aliphatic heterocycles. The highest BCUT2D eigenvalue weighted by atomic mass is 16.1. The van der Waals surface area contributed by atoms with Crippen molar-refractivity contribution in [3.8, 4) is 0 Å². The number of allylic oxidation sites excluding steroid dienone is 2. The summed E-state index contributed by atoms with van der Waals surface area (Å²) < 4.78 is 0. The van der Waals surface area contributed by atoms with Crippen molar-refractivity contribution >= 4 is 5.78 Å². The predicted molar refractivity (Wildman–Crippen MR) is 64.0 cm³/mol. The Morgan fingerprint density at radius 3 is 2.69 bits per heavy atom. The zero-order chi connectivity index (χ0) is 11.0. The van der Waals surface area contributed by atoms with E-state index in [0.717, 1.165) is 24.8 Å². The topological polar surface area (TPSA) is 20.3 Å². The Morgan fingerprint density at radius 2 is 1.88 bits per heavy atom. The van der Waals surface area contributed by atoms with Gasteiger partial charge < -0.3 is 4.90 Å². The molecule has 0 bridgehead atoms. The predicted octanol–water partition coefficient (Wildman–Crippen LogP) is 2.89. The van der Waals surface area contributed by atoms with Crippen LogP contribution in [0.1, 0.15) is 51.4 Å². The highest BCUT2D eigenvalue weighted by Crippen LogP contribution is 2.38. The average Bonchev–Trinajstić information content (AvgIpc) is 2.75. The molecular formula is C14H21NO. The van der Waals surface area contributed by atoms with Crippen molar-refractivity contribution in [1.82, 2.24) is 4.90 Å². The van der Waals surface area contributed by atoms with E-state index < -0.39 is 0 Å². The maximum absolute atomic E-state index is 11.4. The van der Waals surface area contributed by atoms with E-state index in [2.05, 4.69) is 4.90 Å². The van der Waals surface area contributed by atoms with Crippen LogP contribution in [0.3, 0.4) is 0 Å². The second-order valence-corrected chi connectivity index (χ2v) is 5.55. The highest BCUT2D eigenvalue weighted by Gasteiger charge is 2.34. The molecule has 1 saturated heterocycles. The molecule has 0 spiro atoms. The van der Waals surface area contributed by atoms with Gasteiger partial charge in [0, 0.05) is 30.8 Å². The number of likely N-dealkylation sites (tertiary alicyclic amines) is 1. The van der Waals surface area contributed by atoms with Crippen molar-refractivity contribution in [2.24, 2.45) is 5.92 Å². The minimum atomic E-state index is 0.341. The van der Waals surface area contributed by atoms with Crippen LogP contribution in [0.25, 0.3) is 0 Å². The molecule has 2 heteroatoms. The van der Waals surface area contributed by atoms with Gasteiger partial charge in [0.1, 0.15) is 0 Å². The van der Waals surface area contributed by atoms with Crippen LogP contribution in [0, 0.1) is 5.92 Å². The smallest absolute Gasteiger partial charge is 0.157 e. The van der Waals surface area contributed by atoms with E-state index in [1.54, 1.807) is 0 Å². The van der Waals surface area contributed by atoms with Gasteiger partial charge in [-0.2, -0.15) is 0 Å². The van der Waals surface area contributed by atoms with Crippen molar-refractivity contribution in [1.29, 1.82) is 0 Å². The molecule has 2 aliphatic carbocycles. The lowest BCUT2D eigenvalue weighted by molar-refractivity contribution is -0.114. The summed E-state index contributed by atoms with van der Waals surface area (Å²) in [5.41, 5.74) is 1.35. The molecule has 1 heterocycles. The SMILES string of the molecule is O=C1C=C(N2CCC[C@H]3CCCC[C@H]32)CC1. The maximum atomic E-state index is 11.4. The summed E-state index contributed by atoms with van der Waals surface area (Å²) in [5.74, 6) is 1.26. The fourth-order valence-electron chi connectivity index (χ4n) is 3.79. The first-order valence-electron chi connectivity index (χ1n) is 6.84. The van der Waals surface area contributed by atoms with E-state index in [1.807, 2.05) is 6.08 Å². The molecule has 1 saturated carbocycles. The Hall–Kier alpha value is -0.790. The zero-order valence-electron chi connectivity index (χ0n) is 9.95. The molecule has 0 aromatic rings. The van der Waals surface area contributed by atoms with Crippen LogP contribution in [0.2, 0.25) is 0 Å². The Morgan fingerprint density at radius 1 is 1.06 bits per heavy atom. The lowest BCUT2D eigenvalue weighted by Crippen LogP contribution is -2.45. The minimum Gasteiger partial charge on any atom is -0.371 e. The molecule has 0 radical (unpaired) electrons. The van der Waals surface area contributed by atoms with Gasteiger partial charge in [-0.25, -0.2) is 0 Å². The van der Waals surface area contributed by atoms with Crippen LogP contribution in [0.5, 0.6) is 0 Å². The van der Waals surface area contributed by atoms with Crippen molar-refractivity contribution in [2.45, 2.75) is 57.4 Å². The van der Waals surface area contributed by atoms with E-state index in [1.165, 1.54) is 50.8 Å². The van der Waals surface area contributed by atoms with E-state index in [9.17, 15) is 4.79 Å². The van der Waals surface area contributed by atoms with Gasteiger partial charge in [-0.3, -0.25) is 4.79 Å². The number of hydrogen-bond donors (Lipinski definition) is 0. The summed E-state index contributed by atoms with van der Waals surface area (Å²) in [6.07, 6.45) is 12.0. The lowest BCUT2D eigenvalue weighted by atomic mass is 9.78. The number of piperidine rings is 1. The molecule has 0 N–H and O–H groups in total. The molecule has 88 valence electrons. The van der Waals surface area contributed by atoms with Crippen molar-refractivity contribution in [2.75, 3.05) is 6.54 Å². The van der Waals surface area contributed by atoms with Crippen LogP contribution in [0.4, 0.5) is 0 Å². The van der Waals surface area contributed by atoms with Gasteiger partial charge >= 0.3 is 0 Å². The number of hydrogen-bond acceptors (Lipinski definition) is 2. The molecule has 0 aromatic carbocycles. The molecule has 16 heavy (non-hydrogen) atoms. The summed E-state index contributed by atoms with van der Waals surface area (Å²) in [7, 11) is 0. The number of ketones is 1. The monoisotopic (exact) mass is 219 g/mol. The quantitative estimate of drug-likeness (QED) is 0.676. The number of carbonyl (C=O) groups is 1. The first-order chi connectivity index (χ1) is 7.84. The van der Waals surface area contributed by atoms with Crippen LogP contribution in [0.15, 0.2) is 11.8 Å². The third-order valence-corrected chi connectivity index (χ3v) is 4.57. The molecule has 0 aromatic heterocycles. The standard InChI is InChI=1S/C14H21NO/c16-13-8-7-12(10-13)15-9-3-5-11-4-1-2-6-14(11)15/h10-11,14H,1-9H2/t11-,14-/m1/s1. The molecule has 0 amide bonds. The van der Waals surface area contributed by atoms with Crippen LogP contribution < -0.4 is 0 Å². The largest absolute Gasteiger partial charge is 0.371 e.